The summed E-state index contributed by atoms with van der Waals surface area (Å²) in [6.07, 6.45) is 2.74. The molecule has 2 aromatic carbocycles. The summed E-state index contributed by atoms with van der Waals surface area (Å²) in [6.45, 7) is 6.23. The number of benzene rings is 2. The summed E-state index contributed by atoms with van der Waals surface area (Å²) in [5.74, 6) is 0.835. The number of β-amino-alcohol motifs (C(OH)–C–C–N with tert-alkyl or cyclic N) is 1. The number of nitrogens with zero attached hydrogens (tertiary/aromatic N) is 1. The van der Waals surface area contributed by atoms with Gasteiger partial charge in [0, 0.05) is 37.8 Å². The minimum atomic E-state index is -0.180. The zero-order valence-electron chi connectivity index (χ0n) is 16.5. The van der Waals surface area contributed by atoms with E-state index in [0.717, 1.165) is 56.8 Å². The van der Waals surface area contributed by atoms with Gasteiger partial charge in [0.15, 0.2) is 0 Å². The van der Waals surface area contributed by atoms with Gasteiger partial charge in [-0.3, -0.25) is 4.90 Å². The van der Waals surface area contributed by atoms with Gasteiger partial charge in [0.05, 0.1) is 17.7 Å². The zero-order valence-corrected chi connectivity index (χ0v) is 17.2. The smallest absolute Gasteiger partial charge is 0.142 e. The Morgan fingerprint density at radius 1 is 1.21 bits per heavy atom. The van der Waals surface area contributed by atoms with Crippen LogP contribution in [0.4, 0.5) is 0 Å². The summed E-state index contributed by atoms with van der Waals surface area (Å²) in [5.41, 5.74) is 4.97. The Labute approximate surface area is 172 Å². The van der Waals surface area contributed by atoms with Crippen LogP contribution < -0.4 is 10.1 Å². The van der Waals surface area contributed by atoms with Crippen molar-refractivity contribution >= 4 is 11.6 Å². The van der Waals surface area contributed by atoms with Crippen molar-refractivity contribution in [2.75, 3.05) is 19.7 Å². The van der Waals surface area contributed by atoms with Crippen LogP contribution >= 0.6 is 11.6 Å². The Morgan fingerprint density at radius 3 is 2.82 bits per heavy atom. The molecule has 0 radical (unpaired) electrons. The van der Waals surface area contributed by atoms with Crippen LogP contribution in [0.2, 0.25) is 5.02 Å². The molecule has 28 heavy (non-hydrogen) atoms. The second-order valence-corrected chi connectivity index (χ2v) is 8.44. The average molecular weight is 401 g/mol. The topological polar surface area (TPSA) is 44.7 Å². The lowest BCUT2D eigenvalue weighted by Crippen LogP contribution is -2.24. The van der Waals surface area contributed by atoms with Crippen LogP contribution in [0.1, 0.15) is 47.6 Å². The van der Waals surface area contributed by atoms with E-state index in [4.69, 9.17) is 16.3 Å². The van der Waals surface area contributed by atoms with E-state index in [-0.39, 0.29) is 12.1 Å². The van der Waals surface area contributed by atoms with Crippen LogP contribution in [0.25, 0.3) is 0 Å². The van der Waals surface area contributed by atoms with Crippen molar-refractivity contribution < 1.29 is 9.84 Å². The predicted molar refractivity (Wildman–Crippen MR) is 113 cm³/mol. The van der Waals surface area contributed by atoms with E-state index in [1.165, 1.54) is 16.7 Å². The highest BCUT2D eigenvalue weighted by Crippen LogP contribution is 2.38. The maximum absolute atomic E-state index is 9.81. The Hall–Kier alpha value is -1.59. The summed E-state index contributed by atoms with van der Waals surface area (Å²) in [6, 6.07) is 13.0. The second kappa shape index (κ2) is 8.83. The third-order valence-corrected chi connectivity index (χ3v) is 6.06. The van der Waals surface area contributed by atoms with Gasteiger partial charge < -0.3 is 15.2 Å². The van der Waals surface area contributed by atoms with Crippen molar-refractivity contribution in [1.82, 2.24) is 10.2 Å². The van der Waals surface area contributed by atoms with Gasteiger partial charge in [-0.05, 0) is 48.9 Å². The van der Waals surface area contributed by atoms with E-state index in [9.17, 15) is 5.11 Å². The highest BCUT2D eigenvalue weighted by molar-refractivity contribution is 6.32. The number of ether oxygens (including phenoxy) is 1. The van der Waals surface area contributed by atoms with Crippen LogP contribution in [0, 0.1) is 6.92 Å². The zero-order chi connectivity index (χ0) is 19.5. The van der Waals surface area contributed by atoms with Gasteiger partial charge >= 0.3 is 0 Å². The number of aryl methyl sites for hydroxylation is 1. The van der Waals surface area contributed by atoms with Crippen molar-refractivity contribution in [1.29, 1.82) is 0 Å². The summed E-state index contributed by atoms with van der Waals surface area (Å²) in [5, 5.41) is 14.3. The first-order valence-corrected chi connectivity index (χ1v) is 10.6. The number of fused-ring (bicyclic) bond motifs is 1. The molecule has 5 heteroatoms. The summed E-state index contributed by atoms with van der Waals surface area (Å²) >= 11 is 6.46. The van der Waals surface area contributed by atoms with Crippen molar-refractivity contribution in [2.24, 2.45) is 0 Å². The monoisotopic (exact) mass is 400 g/mol. The molecule has 150 valence electrons. The van der Waals surface area contributed by atoms with Gasteiger partial charge in [-0.25, -0.2) is 0 Å². The molecular formula is C23H29ClN2O2. The lowest BCUT2D eigenvalue weighted by atomic mass is 9.99. The number of hydrogen-bond acceptors (Lipinski definition) is 4. The highest BCUT2D eigenvalue weighted by atomic mass is 35.5. The molecule has 0 aliphatic carbocycles. The van der Waals surface area contributed by atoms with E-state index in [1.807, 2.05) is 6.07 Å². The number of hydrogen-bond donors (Lipinski definition) is 2. The Morgan fingerprint density at radius 2 is 2.04 bits per heavy atom. The van der Waals surface area contributed by atoms with E-state index >= 15 is 0 Å². The van der Waals surface area contributed by atoms with Gasteiger partial charge in [0.25, 0.3) is 0 Å². The lowest BCUT2D eigenvalue weighted by molar-refractivity contribution is 0.174. The van der Waals surface area contributed by atoms with Gasteiger partial charge in [-0.1, -0.05) is 41.9 Å². The number of rotatable bonds is 5. The molecule has 2 aliphatic heterocycles. The molecule has 1 saturated heterocycles. The van der Waals surface area contributed by atoms with Crippen LogP contribution in [0.15, 0.2) is 36.4 Å². The molecule has 0 saturated carbocycles. The third-order valence-electron chi connectivity index (χ3n) is 5.77. The fourth-order valence-electron chi connectivity index (χ4n) is 4.31. The minimum Gasteiger partial charge on any atom is -0.492 e. The largest absolute Gasteiger partial charge is 0.492 e. The number of likely N-dealkylation sites (tertiary alicyclic amines) is 1. The summed E-state index contributed by atoms with van der Waals surface area (Å²) in [7, 11) is 0. The highest BCUT2D eigenvalue weighted by Gasteiger charge is 2.23. The van der Waals surface area contributed by atoms with Crippen molar-refractivity contribution in [3.05, 3.63) is 63.7 Å². The predicted octanol–water partition coefficient (Wildman–Crippen LogP) is 4.22. The van der Waals surface area contributed by atoms with E-state index < -0.39 is 0 Å². The standard InChI is InChI=1S/C23H29ClN2O2/c1-16-11-20-22(7-4-10-28-23(20)21(24)12-16)25-13-17-5-2-3-6-18(17)14-26-9-8-19(27)15-26/h2-3,5-6,11-12,19,22,25,27H,4,7-10,13-15H2,1H3. The molecule has 2 aromatic rings. The lowest BCUT2D eigenvalue weighted by Gasteiger charge is -2.22. The van der Waals surface area contributed by atoms with E-state index in [2.05, 4.69) is 47.5 Å². The number of aliphatic hydroxyl groups excluding tert-OH is 1. The fourth-order valence-corrected chi connectivity index (χ4v) is 4.65. The van der Waals surface area contributed by atoms with Gasteiger partial charge in [-0.2, -0.15) is 0 Å². The molecular weight excluding hydrogens is 372 g/mol. The maximum Gasteiger partial charge on any atom is 0.142 e. The molecule has 2 heterocycles. The average Bonchev–Trinajstić information content (AvgIpc) is 2.96. The Balaban J connectivity index is 1.49. The first kappa shape index (κ1) is 19.7. The molecule has 0 spiro atoms. The Bertz CT molecular complexity index is 826. The maximum atomic E-state index is 9.81. The van der Waals surface area contributed by atoms with Crippen molar-refractivity contribution in [2.45, 2.75) is 51.4 Å². The number of halogens is 1. The van der Waals surface area contributed by atoms with Crippen LogP contribution in [0.5, 0.6) is 5.75 Å². The summed E-state index contributed by atoms with van der Waals surface area (Å²) < 4.78 is 5.94. The molecule has 0 amide bonds. The first-order valence-electron chi connectivity index (χ1n) is 10.2. The molecule has 2 N–H and O–H groups in total. The van der Waals surface area contributed by atoms with Gasteiger partial charge in [0.1, 0.15) is 5.75 Å². The first-order chi connectivity index (χ1) is 13.6. The molecule has 2 aliphatic rings. The van der Waals surface area contributed by atoms with Crippen molar-refractivity contribution in [3.8, 4) is 5.75 Å². The summed E-state index contributed by atoms with van der Waals surface area (Å²) in [4.78, 5) is 2.33. The van der Waals surface area contributed by atoms with Crippen LogP contribution in [-0.4, -0.2) is 35.8 Å². The molecule has 2 unspecified atom stereocenters. The number of nitrogens with one attached hydrogen (secondary N) is 1. The molecule has 4 nitrogen and oxygen atoms in total. The van der Waals surface area contributed by atoms with Crippen LogP contribution in [0.3, 0.4) is 0 Å². The van der Waals surface area contributed by atoms with E-state index in [0.29, 0.717) is 11.6 Å². The second-order valence-electron chi connectivity index (χ2n) is 8.04. The van der Waals surface area contributed by atoms with Gasteiger partial charge in [-0.15, -0.1) is 0 Å². The molecule has 0 aromatic heterocycles. The SMILES string of the molecule is Cc1cc(Cl)c2c(c1)C(NCc1ccccc1CN1CCC(O)C1)CCCO2. The molecule has 0 bridgehead atoms. The fraction of sp³-hybridized carbons (Fsp3) is 0.478. The molecule has 2 atom stereocenters. The third kappa shape index (κ3) is 4.52. The van der Waals surface area contributed by atoms with Crippen LogP contribution in [-0.2, 0) is 13.1 Å². The van der Waals surface area contributed by atoms with Crippen molar-refractivity contribution in [3.63, 3.8) is 0 Å². The molecule has 4 rings (SSSR count). The minimum absolute atomic E-state index is 0.180. The Kier molecular flexibility index (Phi) is 6.22. The normalized spacial score (nSPS) is 22.5. The van der Waals surface area contributed by atoms with Gasteiger partial charge in [0.2, 0.25) is 0 Å². The quantitative estimate of drug-likeness (QED) is 0.788. The van der Waals surface area contributed by atoms with E-state index in [1.54, 1.807) is 0 Å². The molecule has 1 fully saturated rings. The number of aliphatic hydroxyl groups is 1.